The molecule has 0 bridgehead atoms. The van der Waals surface area contributed by atoms with Crippen molar-refractivity contribution in [1.29, 1.82) is 0 Å². The maximum Gasteiger partial charge on any atom is 0.243 e. The molecular formula is C22H26N2O5S. The predicted molar refractivity (Wildman–Crippen MR) is 114 cm³/mol. The molecule has 0 aliphatic heterocycles. The minimum Gasteiger partial charge on any atom is -0.459 e. The summed E-state index contributed by atoms with van der Waals surface area (Å²) in [4.78, 5) is 14.5. The number of hydrogen-bond acceptors (Lipinski definition) is 5. The van der Waals surface area contributed by atoms with Crippen LogP contribution in [0.4, 0.5) is 0 Å². The normalized spacial score (nSPS) is 15.0. The molecule has 0 fully saturated rings. The van der Waals surface area contributed by atoms with Gasteiger partial charge in [-0.3, -0.25) is 4.79 Å². The zero-order chi connectivity index (χ0) is 22.1. The lowest BCUT2D eigenvalue weighted by Gasteiger charge is -2.29. The standard InChI is InChI=1S/C22H26N2O5S/c1-14-9-11-18(12-10-14)30(27,28)23-21(16(3)25)22(26)24(4)15(2)20-13-17-7-5-6-8-19(17)29-20/h5-13,15-16,21,23,25H,1-4H3. The van der Waals surface area contributed by atoms with Gasteiger partial charge >= 0.3 is 0 Å². The number of sulfonamides is 1. The van der Waals surface area contributed by atoms with Gasteiger partial charge in [0, 0.05) is 12.4 Å². The Labute approximate surface area is 176 Å². The van der Waals surface area contributed by atoms with E-state index in [9.17, 15) is 18.3 Å². The Kier molecular flexibility index (Phi) is 6.30. The Hall–Kier alpha value is -2.68. The first-order valence-corrected chi connectivity index (χ1v) is 11.1. The van der Waals surface area contributed by atoms with Crippen LogP contribution in [0.25, 0.3) is 11.0 Å². The molecule has 0 radical (unpaired) electrons. The molecule has 0 aliphatic carbocycles. The van der Waals surface area contributed by atoms with Crippen LogP contribution in [0, 0.1) is 6.92 Å². The number of amides is 1. The highest BCUT2D eigenvalue weighted by molar-refractivity contribution is 7.89. The van der Waals surface area contributed by atoms with Crippen LogP contribution in [-0.2, 0) is 14.8 Å². The predicted octanol–water partition coefficient (Wildman–Crippen LogP) is 2.99. The molecule has 0 saturated carbocycles. The Balaban J connectivity index is 1.82. The highest BCUT2D eigenvalue weighted by atomic mass is 32.2. The fourth-order valence-corrected chi connectivity index (χ4v) is 4.38. The smallest absolute Gasteiger partial charge is 0.243 e. The molecule has 3 atom stereocenters. The number of benzene rings is 2. The number of aryl methyl sites for hydroxylation is 1. The summed E-state index contributed by atoms with van der Waals surface area (Å²) in [6, 6.07) is 13.8. The molecule has 2 aromatic carbocycles. The van der Waals surface area contributed by atoms with Gasteiger partial charge in [0.15, 0.2) is 0 Å². The molecule has 160 valence electrons. The molecule has 3 unspecified atom stereocenters. The van der Waals surface area contributed by atoms with Crippen molar-refractivity contribution in [2.45, 2.75) is 43.9 Å². The van der Waals surface area contributed by atoms with E-state index >= 15 is 0 Å². The van der Waals surface area contributed by atoms with Crippen LogP contribution >= 0.6 is 0 Å². The van der Waals surface area contributed by atoms with Crippen molar-refractivity contribution in [3.05, 3.63) is 65.9 Å². The van der Waals surface area contributed by atoms with Gasteiger partial charge in [-0.05, 0) is 45.0 Å². The summed E-state index contributed by atoms with van der Waals surface area (Å²) in [6.45, 7) is 5.00. The lowest BCUT2D eigenvalue weighted by Crippen LogP contribution is -2.53. The van der Waals surface area contributed by atoms with E-state index in [2.05, 4.69) is 4.72 Å². The zero-order valence-electron chi connectivity index (χ0n) is 17.4. The average Bonchev–Trinajstić information content (AvgIpc) is 3.15. The number of para-hydroxylation sites is 1. The molecule has 0 aliphatic rings. The van der Waals surface area contributed by atoms with Gasteiger partial charge in [0.05, 0.1) is 17.0 Å². The van der Waals surface area contributed by atoms with Crippen molar-refractivity contribution in [3.8, 4) is 0 Å². The zero-order valence-corrected chi connectivity index (χ0v) is 18.2. The monoisotopic (exact) mass is 430 g/mol. The highest BCUT2D eigenvalue weighted by Crippen LogP contribution is 2.27. The molecule has 1 aromatic heterocycles. The van der Waals surface area contributed by atoms with E-state index in [0.717, 1.165) is 10.9 Å². The number of nitrogens with one attached hydrogen (secondary N) is 1. The fourth-order valence-electron chi connectivity index (χ4n) is 3.12. The second-order valence-corrected chi connectivity index (χ2v) is 9.18. The molecule has 1 heterocycles. The van der Waals surface area contributed by atoms with E-state index in [0.29, 0.717) is 11.3 Å². The van der Waals surface area contributed by atoms with Crippen molar-refractivity contribution in [2.24, 2.45) is 0 Å². The van der Waals surface area contributed by atoms with Crippen molar-refractivity contribution in [2.75, 3.05) is 7.05 Å². The molecule has 3 rings (SSSR count). The molecule has 3 aromatic rings. The second-order valence-electron chi connectivity index (χ2n) is 7.46. The van der Waals surface area contributed by atoms with Crippen LogP contribution in [0.15, 0.2) is 63.9 Å². The molecule has 7 nitrogen and oxygen atoms in total. The second kappa shape index (κ2) is 8.59. The van der Waals surface area contributed by atoms with E-state index in [1.54, 1.807) is 26.1 Å². The van der Waals surface area contributed by atoms with Gasteiger partial charge in [0.2, 0.25) is 15.9 Å². The van der Waals surface area contributed by atoms with E-state index in [4.69, 9.17) is 4.42 Å². The molecule has 0 saturated heterocycles. The Bertz CT molecular complexity index is 1100. The number of aliphatic hydroxyl groups excluding tert-OH is 1. The lowest BCUT2D eigenvalue weighted by molar-refractivity contribution is -0.136. The summed E-state index contributed by atoms with van der Waals surface area (Å²) in [5, 5.41) is 11.1. The maximum absolute atomic E-state index is 13.1. The summed E-state index contributed by atoms with van der Waals surface area (Å²) in [5.74, 6) is 0.00595. The van der Waals surface area contributed by atoms with Gasteiger partial charge in [0.25, 0.3) is 0 Å². The van der Waals surface area contributed by atoms with Crippen LogP contribution in [-0.4, -0.2) is 43.5 Å². The molecule has 30 heavy (non-hydrogen) atoms. The summed E-state index contributed by atoms with van der Waals surface area (Å²) >= 11 is 0. The van der Waals surface area contributed by atoms with E-state index in [1.807, 2.05) is 37.3 Å². The third-order valence-electron chi connectivity index (χ3n) is 5.15. The number of likely N-dealkylation sites (N-methyl/N-ethyl adjacent to an activating group) is 1. The van der Waals surface area contributed by atoms with Crippen LogP contribution in [0.1, 0.15) is 31.2 Å². The molecule has 2 N–H and O–H groups in total. The first kappa shape index (κ1) is 22.0. The molecule has 0 spiro atoms. The third kappa shape index (κ3) is 4.56. The first-order chi connectivity index (χ1) is 14.1. The maximum atomic E-state index is 13.1. The summed E-state index contributed by atoms with van der Waals surface area (Å²) < 4.78 is 33.6. The fraction of sp³-hybridized carbons (Fsp3) is 0.318. The minimum absolute atomic E-state index is 0.0273. The Morgan fingerprint density at radius 3 is 2.33 bits per heavy atom. The van der Waals surface area contributed by atoms with Gasteiger partial charge in [-0.1, -0.05) is 35.9 Å². The lowest BCUT2D eigenvalue weighted by atomic mass is 10.1. The number of furan rings is 1. The Morgan fingerprint density at radius 2 is 1.73 bits per heavy atom. The quantitative estimate of drug-likeness (QED) is 0.600. The van der Waals surface area contributed by atoms with Crippen molar-refractivity contribution < 1.29 is 22.7 Å². The largest absolute Gasteiger partial charge is 0.459 e. The van der Waals surface area contributed by atoms with Gasteiger partial charge in [-0.2, -0.15) is 4.72 Å². The van der Waals surface area contributed by atoms with Crippen LogP contribution in [0.5, 0.6) is 0 Å². The SMILES string of the molecule is Cc1ccc(S(=O)(=O)NC(C(=O)N(C)C(C)c2cc3ccccc3o2)C(C)O)cc1. The molecular weight excluding hydrogens is 404 g/mol. The van der Waals surface area contributed by atoms with Gasteiger partial charge < -0.3 is 14.4 Å². The van der Waals surface area contributed by atoms with Crippen molar-refractivity contribution in [3.63, 3.8) is 0 Å². The summed E-state index contributed by atoms with van der Waals surface area (Å²) in [6.07, 6.45) is -1.23. The number of fused-ring (bicyclic) bond motifs is 1. The first-order valence-electron chi connectivity index (χ1n) is 9.62. The van der Waals surface area contributed by atoms with Gasteiger partial charge in [-0.15, -0.1) is 0 Å². The molecule has 1 amide bonds. The summed E-state index contributed by atoms with van der Waals surface area (Å²) in [5.41, 5.74) is 1.61. The number of carbonyl (C=O) groups excluding carboxylic acids is 1. The van der Waals surface area contributed by atoms with E-state index in [-0.39, 0.29) is 4.90 Å². The van der Waals surface area contributed by atoms with Crippen LogP contribution in [0.2, 0.25) is 0 Å². The minimum atomic E-state index is -3.99. The van der Waals surface area contributed by atoms with Crippen LogP contribution in [0.3, 0.4) is 0 Å². The van der Waals surface area contributed by atoms with Crippen molar-refractivity contribution >= 4 is 26.9 Å². The highest BCUT2D eigenvalue weighted by Gasteiger charge is 2.34. The number of aliphatic hydroxyl groups is 1. The van der Waals surface area contributed by atoms with E-state index < -0.39 is 34.1 Å². The number of rotatable bonds is 7. The van der Waals surface area contributed by atoms with Crippen LogP contribution < -0.4 is 4.72 Å². The van der Waals surface area contributed by atoms with Gasteiger partial charge in [0.1, 0.15) is 17.4 Å². The number of carbonyl (C=O) groups is 1. The van der Waals surface area contributed by atoms with Crippen molar-refractivity contribution in [1.82, 2.24) is 9.62 Å². The molecule has 8 heteroatoms. The Morgan fingerprint density at radius 1 is 1.10 bits per heavy atom. The average molecular weight is 431 g/mol. The topological polar surface area (TPSA) is 99.9 Å². The number of hydrogen-bond donors (Lipinski definition) is 2. The van der Waals surface area contributed by atoms with Gasteiger partial charge in [-0.25, -0.2) is 8.42 Å². The number of nitrogens with zero attached hydrogens (tertiary/aromatic N) is 1. The van der Waals surface area contributed by atoms with E-state index in [1.165, 1.54) is 24.0 Å². The third-order valence-corrected chi connectivity index (χ3v) is 6.60. The summed E-state index contributed by atoms with van der Waals surface area (Å²) in [7, 11) is -2.44.